The Kier molecular flexibility index (Phi) is 7.59. The van der Waals surface area contributed by atoms with Gasteiger partial charge in [0.1, 0.15) is 11.8 Å². The summed E-state index contributed by atoms with van der Waals surface area (Å²) in [6.07, 6.45) is 0.440. The highest BCUT2D eigenvalue weighted by atomic mass is 16.5. The summed E-state index contributed by atoms with van der Waals surface area (Å²) in [6.45, 7) is 2.16. The van der Waals surface area contributed by atoms with E-state index in [1.165, 1.54) is 5.56 Å². The van der Waals surface area contributed by atoms with Crippen LogP contribution in [-0.4, -0.2) is 40.7 Å². The molecule has 0 radical (unpaired) electrons. The monoisotopic (exact) mass is 323 g/mol. The molecule has 0 saturated heterocycles. The topological polar surface area (TPSA) is 113 Å². The van der Waals surface area contributed by atoms with Crippen LogP contribution in [0, 0.1) is 0 Å². The number of carboxylic acids is 2. The summed E-state index contributed by atoms with van der Waals surface area (Å²) in [5, 5.41) is 19.8. The fourth-order valence-corrected chi connectivity index (χ4v) is 1.87. The fourth-order valence-electron chi connectivity index (χ4n) is 1.87. The van der Waals surface area contributed by atoms with E-state index in [4.69, 9.17) is 14.9 Å². The summed E-state index contributed by atoms with van der Waals surface area (Å²) < 4.78 is 5.41. The molecule has 1 aromatic rings. The summed E-state index contributed by atoms with van der Waals surface area (Å²) in [5.74, 6) is -2.22. The molecule has 1 aromatic carbocycles. The number of ether oxygens (including phenoxy) is 1. The number of nitrogens with one attached hydrogen (secondary N) is 1. The second kappa shape index (κ2) is 9.45. The maximum absolute atomic E-state index is 11.7. The fraction of sp³-hybridized carbons (Fsp3) is 0.438. The van der Waals surface area contributed by atoms with Crippen LogP contribution in [0.5, 0.6) is 5.75 Å². The van der Waals surface area contributed by atoms with E-state index in [0.29, 0.717) is 5.75 Å². The Morgan fingerprint density at radius 2 is 1.78 bits per heavy atom. The van der Waals surface area contributed by atoms with Gasteiger partial charge in [-0.25, -0.2) is 4.79 Å². The van der Waals surface area contributed by atoms with Crippen molar-refractivity contribution in [1.29, 1.82) is 0 Å². The van der Waals surface area contributed by atoms with Crippen molar-refractivity contribution in [2.24, 2.45) is 0 Å². The average molecular weight is 323 g/mol. The van der Waals surface area contributed by atoms with Crippen molar-refractivity contribution >= 4 is 17.8 Å². The third-order valence-electron chi connectivity index (χ3n) is 3.21. The van der Waals surface area contributed by atoms with Gasteiger partial charge in [-0.15, -0.1) is 0 Å². The summed E-state index contributed by atoms with van der Waals surface area (Å²) in [4.78, 5) is 33.1. The van der Waals surface area contributed by atoms with Crippen molar-refractivity contribution in [1.82, 2.24) is 5.32 Å². The van der Waals surface area contributed by atoms with Crippen LogP contribution in [0.2, 0.25) is 0 Å². The molecule has 0 fully saturated rings. The highest BCUT2D eigenvalue weighted by Crippen LogP contribution is 2.12. The molecule has 7 nitrogen and oxygen atoms in total. The van der Waals surface area contributed by atoms with Crippen molar-refractivity contribution in [3.8, 4) is 5.75 Å². The van der Waals surface area contributed by atoms with Gasteiger partial charge in [0.15, 0.2) is 0 Å². The summed E-state index contributed by atoms with van der Waals surface area (Å²) in [6, 6.07) is 6.28. The molecule has 3 N–H and O–H groups in total. The van der Waals surface area contributed by atoms with Gasteiger partial charge in [-0.05, 0) is 30.5 Å². The van der Waals surface area contributed by atoms with Crippen LogP contribution >= 0.6 is 0 Å². The highest BCUT2D eigenvalue weighted by Gasteiger charge is 2.20. The van der Waals surface area contributed by atoms with Crippen molar-refractivity contribution < 1.29 is 29.3 Å². The van der Waals surface area contributed by atoms with Crippen LogP contribution < -0.4 is 10.1 Å². The van der Waals surface area contributed by atoms with Crippen molar-refractivity contribution in [2.75, 3.05) is 6.61 Å². The summed E-state index contributed by atoms with van der Waals surface area (Å²) in [5.41, 5.74) is 1.18. The normalized spacial score (nSPS) is 11.5. The van der Waals surface area contributed by atoms with Gasteiger partial charge in [0.25, 0.3) is 0 Å². The SMILES string of the molecule is CCc1ccc(OCCC(=O)N[C@@H](CCC(=O)O)C(=O)O)cc1. The minimum atomic E-state index is -1.25. The zero-order chi connectivity index (χ0) is 17.2. The van der Waals surface area contributed by atoms with Crippen LogP contribution in [0.15, 0.2) is 24.3 Å². The zero-order valence-corrected chi connectivity index (χ0v) is 12.9. The molecule has 0 aliphatic rings. The number of carbonyl (C=O) groups excluding carboxylic acids is 1. The second-order valence-corrected chi connectivity index (χ2v) is 4.99. The molecule has 1 rings (SSSR count). The molecule has 0 heterocycles. The molecule has 0 spiro atoms. The van der Waals surface area contributed by atoms with E-state index < -0.39 is 23.9 Å². The standard InChI is InChI=1S/C16H21NO6/c1-2-11-3-5-12(6-4-11)23-10-9-14(18)17-13(16(21)22)7-8-15(19)20/h3-6,13H,2,7-10H2,1H3,(H,17,18)(H,19,20)(H,21,22)/t13-/m0/s1. The molecule has 0 bridgehead atoms. The van der Waals surface area contributed by atoms with Crippen LogP contribution in [-0.2, 0) is 20.8 Å². The lowest BCUT2D eigenvalue weighted by atomic mass is 10.1. The molecule has 0 saturated carbocycles. The molecule has 0 aromatic heterocycles. The minimum Gasteiger partial charge on any atom is -0.493 e. The van der Waals surface area contributed by atoms with Crippen LogP contribution in [0.3, 0.4) is 0 Å². The molecule has 1 atom stereocenters. The van der Waals surface area contributed by atoms with Gasteiger partial charge in [0.05, 0.1) is 13.0 Å². The molecular formula is C16H21NO6. The number of hydrogen-bond acceptors (Lipinski definition) is 4. The van der Waals surface area contributed by atoms with Gasteiger partial charge in [-0.2, -0.15) is 0 Å². The zero-order valence-electron chi connectivity index (χ0n) is 12.9. The highest BCUT2D eigenvalue weighted by molar-refractivity contribution is 5.84. The van der Waals surface area contributed by atoms with E-state index in [0.717, 1.165) is 6.42 Å². The first-order valence-electron chi connectivity index (χ1n) is 7.38. The van der Waals surface area contributed by atoms with Gasteiger partial charge in [-0.1, -0.05) is 19.1 Å². The lowest BCUT2D eigenvalue weighted by molar-refractivity contribution is -0.143. The Balaban J connectivity index is 2.36. The van der Waals surface area contributed by atoms with E-state index in [1.807, 2.05) is 31.2 Å². The lowest BCUT2D eigenvalue weighted by Gasteiger charge is -2.13. The number of carbonyl (C=O) groups is 3. The molecule has 7 heteroatoms. The third-order valence-corrected chi connectivity index (χ3v) is 3.21. The van der Waals surface area contributed by atoms with Crippen molar-refractivity contribution in [3.63, 3.8) is 0 Å². The molecule has 0 aliphatic carbocycles. The first-order valence-corrected chi connectivity index (χ1v) is 7.38. The first-order chi connectivity index (χ1) is 10.9. The number of aryl methyl sites for hydroxylation is 1. The average Bonchev–Trinajstić information content (AvgIpc) is 2.51. The number of benzene rings is 1. The molecule has 1 amide bonds. The van der Waals surface area contributed by atoms with Crippen molar-refractivity contribution in [2.45, 2.75) is 38.6 Å². The van der Waals surface area contributed by atoms with Gasteiger partial charge < -0.3 is 20.3 Å². The molecular weight excluding hydrogens is 302 g/mol. The quantitative estimate of drug-likeness (QED) is 0.601. The largest absolute Gasteiger partial charge is 0.493 e. The Bertz CT molecular complexity index is 540. The Morgan fingerprint density at radius 3 is 2.30 bits per heavy atom. The summed E-state index contributed by atoms with van der Waals surface area (Å²) in [7, 11) is 0. The van der Waals surface area contributed by atoms with E-state index >= 15 is 0 Å². The van der Waals surface area contributed by atoms with Crippen LogP contribution in [0.1, 0.15) is 31.7 Å². The smallest absolute Gasteiger partial charge is 0.326 e. The molecule has 0 unspecified atom stereocenters. The van der Waals surface area contributed by atoms with Gasteiger partial charge in [-0.3, -0.25) is 9.59 Å². The first kappa shape index (κ1) is 18.5. The van der Waals surface area contributed by atoms with Gasteiger partial charge >= 0.3 is 11.9 Å². The number of aliphatic carboxylic acids is 2. The van der Waals surface area contributed by atoms with Crippen LogP contribution in [0.4, 0.5) is 0 Å². The molecule has 126 valence electrons. The Hall–Kier alpha value is -2.57. The Labute approximate surface area is 134 Å². The Morgan fingerprint density at radius 1 is 1.13 bits per heavy atom. The predicted octanol–water partition coefficient (Wildman–Crippen LogP) is 1.45. The number of carboxylic acid groups (broad SMARTS) is 2. The maximum Gasteiger partial charge on any atom is 0.326 e. The van der Waals surface area contributed by atoms with E-state index in [-0.39, 0.29) is 25.9 Å². The van der Waals surface area contributed by atoms with Gasteiger partial charge in [0, 0.05) is 6.42 Å². The maximum atomic E-state index is 11.7. The molecule has 0 aliphatic heterocycles. The van der Waals surface area contributed by atoms with E-state index in [9.17, 15) is 14.4 Å². The number of rotatable bonds is 10. The number of amides is 1. The molecule has 23 heavy (non-hydrogen) atoms. The predicted molar refractivity (Wildman–Crippen MR) is 82.4 cm³/mol. The van der Waals surface area contributed by atoms with Crippen molar-refractivity contribution in [3.05, 3.63) is 29.8 Å². The lowest BCUT2D eigenvalue weighted by Crippen LogP contribution is -2.41. The minimum absolute atomic E-state index is 0.00756. The number of hydrogen-bond donors (Lipinski definition) is 3. The van der Waals surface area contributed by atoms with E-state index in [2.05, 4.69) is 5.32 Å². The van der Waals surface area contributed by atoms with Crippen LogP contribution in [0.25, 0.3) is 0 Å². The third kappa shape index (κ3) is 7.30. The second-order valence-electron chi connectivity index (χ2n) is 4.99. The van der Waals surface area contributed by atoms with Gasteiger partial charge in [0.2, 0.25) is 5.91 Å². The summed E-state index contributed by atoms with van der Waals surface area (Å²) >= 11 is 0. The van der Waals surface area contributed by atoms with E-state index in [1.54, 1.807) is 0 Å².